The van der Waals surface area contributed by atoms with Crippen molar-refractivity contribution < 1.29 is 23.5 Å². The van der Waals surface area contributed by atoms with E-state index in [0.717, 1.165) is 24.0 Å². The fraction of sp³-hybridized carbons (Fsp3) is 0.405. The molecule has 4 atom stereocenters. The van der Waals surface area contributed by atoms with E-state index >= 15 is 8.90 Å². The van der Waals surface area contributed by atoms with E-state index in [4.69, 9.17) is 4.74 Å². The molecule has 0 unspecified atom stereocenters. The largest absolute Gasteiger partial charge is 0.395 e. The lowest BCUT2D eigenvalue weighted by Crippen LogP contribution is -2.45. The normalized spacial score (nSPS) is 21.4. The monoisotopic (exact) mass is 738 g/mol. The van der Waals surface area contributed by atoms with Crippen LogP contribution in [0.3, 0.4) is 0 Å². The van der Waals surface area contributed by atoms with E-state index in [2.05, 4.69) is 38.0 Å². The van der Waals surface area contributed by atoms with Gasteiger partial charge in [-0.1, -0.05) is 72.7 Å². The van der Waals surface area contributed by atoms with Gasteiger partial charge >= 0.3 is 0 Å². The molecule has 1 fully saturated rings. The number of aromatic amines is 1. The molecule has 2 N–H and O–H groups in total. The minimum absolute atomic E-state index is 0.111. The molecule has 9 nitrogen and oxygen atoms in total. The van der Waals surface area contributed by atoms with Crippen LogP contribution in [-0.4, -0.2) is 65.8 Å². The number of fused-ring (bicyclic) bond motifs is 3. The van der Waals surface area contributed by atoms with Crippen LogP contribution in [0, 0.1) is 5.92 Å². The molecular weight excluding hydrogens is 688 g/mol. The van der Waals surface area contributed by atoms with Crippen LogP contribution in [-0.2, 0) is 26.5 Å². The molecule has 6 rings (SSSR count). The zero-order valence-electron chi connectivity index (χ0n) is 31.6. The maximum absolute atomic E-state index is 16.6. The maximum Gasteiger partial charge on any atom is 0.279 e. The number of aliphatic hydroxyl groups is 1. The first kappa shape index (κ1) is 38.2. The number of aromatic nitrogens is 2. The highest BCUT2D eigenvalue weighted by Gasteiger charge is 2.67. The standard InChI is InChI=1S/C42H51FN4O5Si/c1-28(2)13-12-14-29(3)21-22-46-36-20-19-32(47-40(50)33-17-10-11-18-35(33)44-47)25-34(36)42(41(46)51)30(4)39(53(5,6)43)37(52-42)26-38(49)45(23-24-48)27-31-15-8-7-9-16-31/h7-11,13,15-21,25,30,37,39,44,48H,12,14,22-24,26-27H2,1-6H3/b29-21+/t30-,37+,39-,42+/m0/s1. The first-order valence-electron chi connectivity index (χ1n) is 18.5. The van der Waals surface area contributed by atoms with Gasteiger partial charge in [0.1, 0.15) is 0 Å². The number of halogens is 1. The van der Waals surface area contributed by atoms with Crippen molar-refractivity contribution >= 4 is 36.8 Å². The molecule has 4 aromatic rings. The quantitative estimate of drug-likeness (QED) is 0.0838. The molecule has 0 radical (unpaired) electrons. The number of amides is 2. The Kier molecular flexibility index (Phi) is 11.1. The SMILES string of the molecule is CC(C)=CCC/C(C)=C/CN1C(=O)[C@]2(O[C@H](CC(=O)N(CCO)Cc3ccccc3)[C@@H]([Si](C)(C)F)[C@@H]2C)c2cc(-n3[nH]c4ccccc4c3=O)ccc21. The number of nitrogens with zero attached hydrogens (tertiary/aromatic N) is 3. The number of rotatable bonds is 13. The number of ether oxygens (including phenoxy) is 1. The van der Waals surface area contributed by atoms with Crippen LogP contribution < -0.4 is 10.5 Å². The van der Waals surface area contributed by atoms with Gasteiger partial charge in [-0.3, -0.25) is 19.5 Å². The number of hydrogen-bond acceptors (Lipinski definition) is 5. The Hall–Kier alpha value is -4.58. The van der Waals surface area contributed by atoms with E-state index < -0.39 is 31.6 Å². The summed E-state index contributed by atoms with van der Waals surface area (Å²) in [7, 11) is -3.58. The Bertz CT molecular complexity index is 2100. The average molecular weight is 739 g/mol. The van der Waals surface area contributed by atoms with Gasteiger partial charge in [-0.05, 0) is 82.6 Å². The fourth-order valence-corrected chi connectivity index (χ4v) is 10.7. The Labute approximate surface area is 311 Å². The Morgan fingerprint density at radius 3 is 2.43 bits per heavy atom. The number of allylic oxidation sites excluding steroid dienone is 3. The van der Waals surface area contributed by atoms with E-state index in [9.17, 15) is 14.7 Å². The lowest BCUT2D eigenvalue weighted by atomic mass is 9.82. The first-order chi connectivity index (χ1) is 25.3. The number of para-hydroxylation sites is 1. The number of hydrogen-bond donors (Lipinski definition) is 2. The lowest BCUT2D eigenvalue weighted by molar-refractivity contribution is -0.149. The zero-order chi connectivity index (χ0) is 38.1. The molecule has 280 valence electrons. The second-order valence-corrected chi connectivity index (χ2v) is 19.1. The van der Waals surface area contributed by atoms with Crippen molar-refractivity contribution in [2.45, 2.75) is 83.8 Å². The fourth-order valence-electron chi connectivity index (χ4n) is 8.25. The van der Waals surface area contributed by atoms with E-state index in [1.165, 1.54) is 10.3 Å². The predicted octanol–water partition coefficient (Wildman–Crippen LogP) is 7.54. The number of carbonyl (C=O) groups excluding carboxylic acids is 2. The summed E-state index contributed by atoms with van der Waals surface area (Å²) in [6.07, 6.45) is 4.96. The molecule has 53 heavy (non-hydrogen) atoms. The molecule has 2 aliphatic rings. The highest BCUT2D eigenvalue weighted by Crippen LogP contribution is 2.60. The molecule has 0 aliphatic carbocycles. The van der Waals surface area contributed by atoms with Gasteiger partial charge in [0.2, 0.25) is 14.3 Å². The minimum Gasteiger partial charge on any atom is -0.395 e. The summed E-state index contributed by atoms with van der Waals surface area (Å²) in [5.74, 6) is -1.21. The molecular formula is C42H51FN4O5Si. The minimum atomic E-state index is -3.58. The number of carbonyl (C=O) groups is 2. The molecule has 3 heterocycles. The van der Waals surface area contributed by atoms with Gasteiger partial charge in [0.15, 0.2) is 5.60 Å². The average Bonchev–Trinajstić information content (AvgIpc) is 3.70. The van der Waals surface area contributed by atoms with Gasteiger partial charge in [0.25, 0.3) is 11.5 Å². The number of anilines is 1. The topological polar surface area (TPSA) is 108 Å². The third-order valence-corrected chi connectivity index (χ3v) is 13.3. The summed E-state index contributed by atoms with van der Waals surface area (Å²) in [6.45, 7) is 11.8. The Balaban J connectivity index is 1.42. The lowest BCUT2D eigenvalue weighted by Gasteiger charge is -2.31. The van der Waals surface area contributed by atoms with E-state index in [0.29, 0.717) is 34.4 Å². The summed E-state index contributed by atoms with van der Waals surface area (Å²) in [5, 5.41) is 13.6. The van der Waals surface area contributed by atoms with Crippen LogP contribution >= 0.6 is 0 Å². The van der Waals surface area contributed by atoms with Crippen molar-refractivity contribution in [3.05, 3.63) is 118 Å². The van der Waals surface area contributed by atoms with Gasteiger partial charge in [-0.15, -0.1) is 0 Å². The van der Waals surface area contributed by atoms with Crippen LogP contribution in [0.2, 0.25) is 18.6 Å². The van der Waals surface area contributed by atoms with Crippen LogP contribution in [0.15, 0.2) is 101 Å². The third-order valence-electron chi connectivity index (χ3n) is 10.8. The predicted molar refractivity (Wildman–Crippen MR) is 210 cm³/mol. The summed E-state index contributed by atoms with van der Waals surface area (Å²) in [5.41, 5.74) is 3.18. The molecule has 2 amide bonds. The third kappa shape index (κ3) is 7.47. The Morgan fingerprint density at radius 1 is 1.04 bits per heavy atom. The van der Waals surface area contributed by atoms with Gasteiger partial charge in [0, 0.05) is 36.7 Å². The molecule has 11 heteroatoms. The molecule has 0 bridgehead atoms. The molecule has 1 spiro atoms. The van der Waals surface area contributed by atoms with Gasteiger partial charge in [-0.25, -0.2) is 4.68 Å². The van der Waals surface area contributed by atoms with Crippen LogP contribution in [0.5, 0.6) is 0 Å². The number of H-pyrrole nitrogens is 1. The number of aliphatic hydroxyl groups excluding tert-OH is 1. The smallest absolute Gasteiger partial charge is 0.279 e. The molecule has 2 aliphatic heterocycles. The highest BCUT2D eigenvalue weighted by atomic mass is 28.4. The van der Waals surface area contributed by atoms with Gasteiger partial charge < -0.3 is 23.8 Å². The van der Waals surface area contributed by atoms with Crippen molar-refractivity contribution in [2.24, 2.45) is 5.92 Å². The van der Waals surface area contributed by atoms with Gasteiger partial charge in [0.05, 0.1) is 41.4 Å². The van der Waals surface area contributed by atoms with E-state index in [1.807, 2.05) is 73.7 Å². The van der Waals surface area contributed by atoms with Crippen LogP contribution in [0.4, 0.5) is 9.80 Å². The van der Waals surface area contributed by atoms with Gasteiger partial charge in [-0.2, -0.15) is 0 Å². The Morgan fingerprint density at radius 2 is 1.75 bits per heavy atom. The summed E-state index contributed by atoms with van der Waals surface area (Å²) >= 11 is 0. The molecule has 3 aromatic carbocycles. The summed E-state index contributed by atoms with van der Waals surface area (Å²) in [4.78, 5) is 45.8. The van der Waals surface area contributed by atoms with Crippen LogP contribution in [0.1, 0.15) is 58.1 Å². The number of nitrogens with one attached hydrogen (secondary N) is 1. The second kappa shape index (κ2) is 15.4. The van der Waals surface area contributed by atoms with Crippen molar-refractivity contribution in [1.82, 2.24) is 14.7 Å². The zero-order valence-corrected chi connectivity index (χ0v) is 32.6. The molecule has 1 aromatic heterocycles. The summed E-state index contributed by atoms with van der Waals surface area (Å²) < 4.78 is 25.0. The van der Waals surface area contributed by atoms with E-state index in [-0.39, 0.29) is 43.5 Å². The first-order valence-corrected chi connectivity index (χ1v) is 21.5. The maximum atomic E-state index is 16.6. The van der Waals surface area contributed by atoms with Crippen molar-refractivity contribution in [3.8, 4) is 5.69 Å². The summed E-state index contributed by atoms with van der Waals surface area (Å²) in [6, 6.07) is 22.2. The van der Waals surface area contributed by atoms with Crippen molar-refractivity contribution in [1.29, 1.82) is 0 Å². The van der Waals surface area contributed by atoms with Crippen LogP contribution in [0.25, 0.3) is 16.6 Å². The molecule has 1 saturated heterocycles. The highest BCUT2D eigenvalue weighted by molar-refractivity contribution is 6.72. The van der Waals surface area contributed by atoms with Crippen molar-refractivity contribution in [2.75, 3.05) is 24.6 Å². The second-order valence-electron chi connectivity index (χ2n) is 15.3. The van der Waals surface area contributed by atoms with E-state index in [1.54, 1.807) is 29.0 Å². The number of benzene rings is 3. The molecule has 0 saturated carbocycles. The van der Waals surface area contributed by atoms with Crippen molar-refractivity contribution in [3.63, 3.8) is 0 Å².